The van der Waals surface area contributed by atoms with E-state index in [1.54, 1.807) is 24.4 Å². The summed E-state index contributed by atoms with van der Waals surface area (Å²) in [7, 11) is 0. The van der Waals surface area contributed by atoms with Gasteiger partial charge >= 0.3 is 6.18 Å². The molecule has 1 aromatic heterocycles. The number of rotatable bonds is 2. The predicted octanol–water partition coefficient (Wildman–Crippen LogP) is 3.22. The Morgan fingerprint density at radius 3 is 2.71 bits per heavy atom. The van der Waals surface area contributed by atoms with E-state index in [2.05, 4.69) is 4.98 Å². The van der Waals surface area contributed by atoms with Gasteiger partial charge in [-0.1, -0.05) is 12.1 Å². The van der Waals surface area contributed by atoms with Crippen LogP contribution in [0.5, 0.6) is 0 Å². The van der Waals surface area contributed by atoms with Crippen LogP contribution in [-0.4, -0.2) is 16.3 Å². The van der Waals surface area contributed by atoms with Gasteiger partial charge in [0.05, 0.1) is 18.0 Å². The highest BCUT2D eigenvalue weighted by atomic mass is 19.4. The van der Waals surface area contributed by atoms with Gasteiger partial charge in [0.1, 0.15) is 0 Å². The molecule has 0 bridgehead atoms. The van der Waals surface area contributed by atoms with Crippen molar-refractivity contribution in [2.24, 2.45) is 0 Å². The van der Waals surface area contributed by atoms with Crippen molar-refractivity contribution in [2.75, 3.05) is 0 Å². The fourth-order valence-corrected chi connectivity index (χ4v) is 1.64. The summed E-state index contributed by atoms with van der Waals surface area (Å²) in [6, 6.07) is 8.03. The Bertz CT molecular complexity index is 524. The summed E-state index contributed by atoms with van der Waals surface area (Å²) >= 11 is 0. The number of alkyl halides is 3. The molecule has 1 atom stereocenters. The van der Waals surface area contributed by atoms with Crippen molar-refractivity contribution in [1.82, 2.24) is 4.98 Å². The molecule has 2 aromatic rings. The van der Waals surface area contributed by atoms with Crippen LogP contribution in [0.2, 0.25) is 0 Å². The molecule has 0 aliphatic rings. The first kappa shape index (κ1) is 11.9. The van der Waals surface area contributed by atoms with Crippen LogP contribution in [-0.2, 0) is 0 Å². The topological polar surface area (TPSA) is 33.1 Å². The van der Waals surface area contributed by atoms with E-state index in [0.29, 0.717) is 10.9 Å². The first-order chi connectivity index (χ1) is 7.96. The number of aromatic nitrogens is 1. The van der Waals surface area contributed by atoms with Gasteiger partial charge in [-0.05, 0) is 23.8 Å². The Labute approximate surface area is 95.7 Å². The molecular formula is C12H10F3NO. The lowest BCUT2D eigenvalue weighted by Gasteiger charge is -2.13. The highest BCUT2D eigenvalue weighted by molar-refractivity contribution is 5.78. The van der Waals surface area contributed by atoms with Gasteiger partial charge in [0.2, 0.25) is 0 Å². The van der Waals surface area contributed by atoms with Gasteiger partial charge in [0.25, 0.3) is 0 Å². The third kappa shape index (κ3) is 2.94. The highest BCUT2D eigenvalue weighted by Crippen LogP contribution is 2.30. The average molecular weight is 241 g/mol. The van der Waals surface area contributed by atoms with E-state index >= 15 is 0 Å². The van der Waals surface area contributed by atoms with E-state index in [-0.39, 0.29) is 5.56 Å². The van der Waals surface area contributed by atoms with E-state index in [1.807, 2.05) is 0 Å². The van der Waals surface area contributed by atoms with E-state index in [0.717, 1.165) is 0 Å². The number of fused-ring (bicyclic) bond motifs is 1. The minimum atomic E-state index is -4.37. The molecule has 0 saturated heterocycles. The molecule has 0 aliphatic carbocycles. The standard InChI is InChI=1S/C12H10F3NO/c13-12(14,15)7-11(17)9-3-4-10-8(6-9)2-1-5-16-10/h1-6,11,17H,7H2. The maximum absolute atomic E-state index is 12.1. The SMILES string of the molecule is OC(CC(F)(F)F)c1ccc2ncccc2c1. The van der Waals surface area contributed by atoms with Crippen LogP contribution in [0.3, 0.4) is 0 Å². The molecule has 1 aromatic carbocycles. The number of aliphatic hydroxyl groups excluding tert-OH is 1. The number of nitrogens with zero attached hydrogens (tertiary/aromatic N) is 1. The highest BCUT2D eigenvalue weighted by Gasteiger charge is 2.31. The van der Waals surface area contributed by atoms with Crippen molar-refractivity contribution in [3.63, 3.8) is 0 Å². The second-order valence-electron chi connectivity index (χ2n) is 3.79. The molecule has 2 rings (SSSR count). The number of benzene rings is 1. The van der Waals surface area contributed by atoms with Crippen LogP contribution in [0.25, 0.3) is 10.9 Å². The Kier molecular flexibility index (Phi) is 3.02. The predicted molar refractivity (Wildman–Crippen MR) is 57.4 cm³/mol. The number of hydrogen-bond donors (Lipinski definition) is 1. The fraction of sp³-hybridized carbons (Fsp3) is 0.250. The summed E-state index contributed by atoms with van der Waals surface area (Å²) in [4.78, 5) is 4.05. The van der Waals surface area contributed by atoms with Crippen LogP contribution in [0.15, 0.2) is 36.5 Å². The third-order valence-electron chi connectivity index (χ3n) is 2.44. The molecule has 0 aliphatic heterocycles. The summed E-state index contributed by atoms with van der Waals surface area (Å²) in [5.74, 6) is 0. The Hall–Kier alpha value is -1.62. The quantitative estimate of drug-likeness (QED) is 0.875. The van der Waals surface area contributed by atoms with Crippen molar-refractivity contribution in [3.8, 4) is 0 Å². The molecule has 1 N–H and O–H groups in total. The van der Waals surface area contributed by atoms with Gasteiger partial charge in [0, 0.05) is 11.6 Å². The Balaban J connectivity index is 2.30. The molecule has 1 heterocycles. The maximum Gasteiger partial charge on any atom is 0.391 e. The van der Waals surface area contributed by atoms with Crippen molar-refractivity contribution >= 4 is 10.9 Å². The second kappa shape index (κ2) is 4.33. The lowest BCUT2D eigenvalue weighted by Crippen LogP contribution is -2.13. The van der Waals surface area contributed by atoms with Crippen LogP contribution in [0.1, 0.15) is 18.1 Å². The zero-order valence-electron chi connectivity index (χ0n) is 8.78. The summed E-state index contributed by atoms with van der Waals surface area (Å²) in [5.41, 5.74) is 0.943. The fourth-order valence-electron chi connectivity index (χ4n) is 1.64. The van der Waals surface area contributed by atoms with Gasteiger partial charge in [0.15, 0.2) is 0 Å². The zero-order chi connectivity index (χ0) is 12.5. The molecule has 17 heavy (non-hydrogen) atoms. The van der Waals surface area contributed by atoms with Crippen molar-refractivity contribution in [3.05, 3.63) is 42.1 Å². The van der Waals surface area contributed by atoms with Crippen LogP contribution < -0.4 is 0 Å². The van der Waals surface area contributed by atoms with Crippen LogP contribution in [0.4, 0.5) is 13.2 Å². The summed E-state index contributed by atoms with van der Waals surface area (Å²) < 4.78 is 36.4. The molecule has 5 heteroatoms. The van der Waals surface area contributed by atoms with Crippen molar-refractivity contribution in [2.45, 2.75) is 18.7 Å². The minimum Gasteiger partial charge on any atom is -0.388 e. The van der Waals surface area contributed by atoms with Crippen LogP contribution >= 0.6 is 0 Å². The number of aliphatic hydroxyl groups is 1. The number of halogens is 3. The zero-order valence-corrected chi connectivity index (χ0v) is 8.78. The summed E-state index contributed by atoms with van der Waals surface area (Å²) in [6.45, 7) is 0. The van der Waals surface area contributed by atoms with Gasteiger partial charge in [-0.15, -0.1) is 0 Å². The summed E-state index contributed by atoms with van der Waals surface area (Å²) in [5, 5.41) is 10.2. The normalized spacial score (nSPS) is 13.9. The summed E-state index contributed by atoms with van der Waals surface area (Å²) in [6.07, 6.45) is -5.53. The number of hydrogen-bond acceptors (Lipinski definition) is 2. The molecular weight excluding hydrogens is 231 g/mol. The molecule has 0 saturated carbocycles. The largest absolute Gasteiger partial charge is 0.391 e. The molecule has 0 radical (unpaired) electrons. The van der Waals surface area contributed by atoms with Crippen molar-refractivity contribution < 1.29 is 18.3 Å². The lowest BCUT2D eigenvalue weighted by atomic mass is 10.0. The number of pyridine rings is 1. The van der Waals surface area contributed by atoms with E-state index < -0.39 is 18.7 Å². The Morgan fingerprint density at radius 2 is 2.00 bits per heavy atom. The van der Waals surface area contributed by atoms with Gasteiger partial charge < -0.3 is 5.11 Å². The molecule has 0 fully saturated rings. The van der Waals surface area contributed by atoms with E-state index in [1.165, 1.54) is 12.1 Å². The first-order valence-corrected chi connectivity index (χ1v) is 5.05. The van der Waals surface area contributed by atoms with Crippen LogP contribution in [0, 0.1) is 0 Å². The molecule has 1 unspecified atom stereocenters. The molecule has 0 amide bonds. The average Bonchev–Trinajstić information content (AvgIpc) is 2.26. The van der Waals surface area contributed by atoms with Gasteiger partial charge in [-0.2, -0.15) is 13.2 Å². The first-order valence-electron chi connectivity index (χ1n) is 5.05. The second-order valence-corrected chi connectivity index (χ2v) is 3.79. The molecule has 90 valence electrons. The third-order valence-corrected chi connectivity index (χ3v) is 2.44. The minimum absolute atomic E-state index is 0.253. The Morgan fingerprint density at radius 1 is 1.24 bits per heavy atom. The van der Waals surface area contributed by atoms with E-state index in [4.69, 9.17) is 0 Å². The van der Waals surface area contributed by atoms with Gasteiger partial charge in [-0.3, -0.25) is 4.98 Å². The van der Waals surface area contributed by atoms with E-state index in [9.17, 15) is 18.3 Å². The van der Waals surface area contributed by atoms with Gasteiger partial charge in [-0.25, -0.2) is 0 Å². The lowest BCUT2D eigenvalue weighted by molar-refractivity contribution is -0.154. The smallest absolute Gasteiger partial charge is 0.388 e. The van der Waals surface area contributed by atoms with Crippen molar-refractivity contribution in [1.29, 1.82) is 0 Å². The molecule has 0 spiro atoms. The monoisotopic (exact) mass is 241 g/mol. The maximum atomic E-state index is 12.1. The molecule has 2 nitrogen and oxygen atoms in total.